The molecule has 1 amide bonds. The van der Waals surface area contributed by atoms with Crippen LogP contribution in [0.3, 0.4) is 0 Å². The topological polar surface area (TPSA) is 70.1 Å². The smallest absolute Gasteiger partial charge is 0.272 e. The molecule has 1 aromatic heterocycles. The van der Waals surface area contributed by atoms with Crippen molar-refractivity contribution in [2.75, 3.05) is 0 Å². The molecule has 26 heavy (non-hydrogen) atoms. The first kappa shape index (κ1) is 18.2. The van der Waals surface area contributed by atoms with Crippen LogP contribution in [-0.2, 0) is 0 Å². The molecule has 0 saturated heterocycles. The summed E-state index contributed by atoms with van der Waals surface area (Å²) in [7, 11) is 0. The minimum Gasteiger partial charge on any atom is -0.272 e. The highest BCUT2D eigenvalue weighted by Crippen LogP contribution is 2.27. The Morgan fingerprint density at radius 1 is 1.08 bits per heavy atom. The van der Waals surface area contributed by atoms with Gasteiger partial charge in [0.05, 0.1) is 21.5 Å². The van der Waals surface area contributed by atoms with Gasteiger partial charge < -0.3 is 0 Å². The van der Waals surface area contributed by atoms with E-state index in [1.165, 1.54) is 0 Å². The van der Waals surface area contributed by atoms with Crippen molar-refractivity contribution in [3.05, 3.63) is 75.4 Å². The van der Waals surface area contributed by atoms with Gasteiger partial charge in [0.15, 0.2) is 0 Å². The molecule has 3 rings (SSSR count). The van der Waals surface area contributed by atoms with Crippen LogP contribution in [0.25, 0.3) is 11.3 Å². The molecule has 0 radical (unpaired) electrons. The number of nitrogens with one attached hydrogen (secondary N) is 2. The maximum absolute atomic E-state index is 12.3. The minimum atomic E-state index is -0.379. The molecule has 0 fully saturated rings. The van der Waals surface area contributed by atoms with E-state index >= 15 is 0 Å². The Morgan fingerprint density at radius 3 is 2.50 bits per heavy atom. The molecule has 7 heteroatoms. The summed E-state index contributed by atoms with van der Waals surface area (Å²) in [6, 6.07) is 14.7. The highest BCUT2D eigenvalue weighted by Gasteiger charge is 2.12. The van der Waals surface area contributed by atoms with Gasteiger partial charge in [-0.3, -0.25) is 9.89 Å². The second-order valence-corrected chi connectivity index (χ2v) is 6.61. The first-order chi connectivity index (χ1) is 12.4. The lowest BCUT2D eigenvalue weighted by Crippen LogP contribution is -2.19. The number of aromatic nitrogens is 2. The summed E-state index contributed by atoms with van der Waals surface area (Å²) in [6.45, 7) is 3.85. The first-order valence-corrected chi connectivity index (χ1v) is 8.62. The number of carbonyl (C=O) groups excluding carboxylic acids is 1. The van der Waals surface area contributed by atoms with Crippen LogP contribution in [0.15, 0.2) is 53.6 Å². The Labute approximate surface area is 161 Å². The predicted octanol–water partition coefficient (Wildman–Crippen LogP) is 4.85. The molecule has 5 nitrogen and oxygen atoms in total. The molecular weight excluding hydrogens is 371 g/mol. The number of carbonyl (C=O) groups is 1. The molecule has 0 bridgehead atoms. The van der Waals surface area contributed by atoms with E-state index in [-0.39, 0.29) is 5.91 Å². The van der Waals surface area contributed by atoms with Gasteiger partial charge >= 0.3 is 0 Å². The fraction of sp³-hybridized carbons (Fsp3) is 0.105. The third kappa shape index (κ3) is 4.12. The van der Waals surface area contributed by atoms with Gasteiger partial charge in [0.2, 0.25) is 0 Å². The minimum absolute atomic E-state index is 0.298. The van der Waals surface area contributed by atoms with E-state index in [9.17, 15) is 4.79 Å². The Morgan fingerprint density at radius 2 is 1.81 bits per heavy atom. The third-order valence-electron chi connectivity index (χ3n) is 3.83. The summed E-state index contributed by atoms with van der Waals surface area (Å²) in [5.74, 6) is -0.379. The second kappa shape index (κ2) is 7.72. The molecule has 0 atom stereocenters. The molecular formula is C19H16Cl2N4O. The fourth-order valence-corrected chi connectivity index (χ4v) is 2.59. The summed E-state index contributed by atoms with van der Waals surface area (Å²) in [5.41, 5.74) is 6.99. The van der Waals surface area contributed by atoms with E-state index in [2.05, 4.69) is 20.7 Å². The fourth-order valence-electron chi connectivity index (χ4n) is 2.30. The first-order valence-electron chi connectivity index (χ1n) is 7.86. The van der Waals surface area contributed by atoms with Crippen molar-refractivity contribution in [3.63, 3.8) is 0 Å². The Balaban J connectivity index is 1.72. The Hall–Kier alpha value is -2.63. The summed E-state index contributed by atoms with van der Waals surface area (Å²) < 4.78 is 0. The molecule has 0 aliphatic rings. The zero-order chi connectivity index (χ0) is 18.7. The third-order valence-corrected chi connectivity index (χ3v) is 4.57. The van der Waals surface area contributed by atoms with Gasteiger partial charge in [0, 0.05) is 5.56 Å². The van der Waals surface area contributed by atoms with Crippen LogP contribution in [-0.4, -0.2) is 21.8 Å². The molecule has 0 unspecified atom stereocenters. The van der Waals surface area contributed by atoms with E-state index < -0.39 is 0 Å². The molecule has 0 aliphatic carbocycles. The number of nitrogens with zero attached hydrogens (tertiary/aromatic N) is 2. The van der Waals surface area contributed by atoms with Crippen LogP contribution in [0.4, 0.5) is 0 Å². The Bertz CT molecular complexity index is 977. The van der Waals surface area contributed by atoms with Gasteiger partial charge in [-0.1, -0.05) is 59.1 Å². The van der Waals surface area contributed by atoms with E-state index in [0.717, 1.165) is 16.7 Å². The van der Waals surface area contributed by atoms with Crippen LogP contribution < -0.4 is 5.43 Å². The quantitative estimate of drug-likeness (QED) is 0.497. The summed E-state index contributed by atoms with van der Waals surface area (Å²) in [4.78, 5) is 12.3. The zero-order valence-corrected chi connectivity index (χ0v) is 15.7. The number of aryl methyl sites for hydroxylation is 1. The van der Waals surface area contributed by atoms with Crippen LogP contribution in [0.1, 0.15) is 28.5 Å². The zero-order valence-electron chi connectivity index (χ0n) is 14.2. The van der Waals surface area contributed by atoms with E-state index in [0.29, 0.717) is 27.1 Å². The van der Waals surface area contributed by atoms with Crippen molar-refractivity contribution < 1.29 is 4.79 Å². The van der Waals surface area contributed by atoms with Gasteiger partial charge in [0.1, 0.15) is 5.69 Å². The number of rotatable bonds is 4. The molecule has 1 heterocycles. The van der Waals surface area contributed by atoms with Gasteiger partial charge in [-0.2, -0.15) is 10.2 Å². The van der Waals surface area contributed by atoms with Crippen LogP contribution in [0.2, 0.25) is 10.0 Å². The van der Waals surface area contributed by atoms with Crippen molar-refractivity contribution in [2.45, 2.75) is 13.8 Å². The Kier molecular flexibility index (Phi) is 5.40. The van der Waals surface area contributed by atoms with E-state index in [1.807, 2.05) is 38.1 Å². The van der Waals surface area contributed by atoms with Gasteiger partial charge in [-0.25, -0.2) is 5.43 Å². The molecule has 3 aromatic rings. The monoisotopic (exact) mass is 386 g/mol. The van der Waals surface area contributed by atoms with Crippen molar-refractivity contribution in [1.29, 1.82) is 0 Å². The normalized spacial score (nSPS) is 11.5. The highest BCUT2D eigenvalue weighted by atomic mass is 35.5. The van der Waals surface area contributed by atoms with Crippen LogP contribution >= 0.6 is 23.2 Å². The molecule has 2 aromatic carbocycles. The van der Waals surface area contributed by atoms with E-state index in [4.69, 9.17) is 23.2 Å². The SMILES string of the molecule is C/C(=N/NC(=O)c1cc(-c2ccc(Cl)c(Cl)c2)n[nH]1)c1ccc(C)cc1. The maximum atomic E-state index is 12.3. The van der Waals surface area contributed by atoms with Crippen molar-refractivity contribution in [2.24, 2.45) is 5.10 Å². The maximum Gasteiger partial charge on any atom is 0.289 e. The lowest BCUT2D eigenvalue weighted by molar-refractivity contribution is 0.0950. The van der Waals surface area contributed by atoms with Crippen molar-refractivity contribution in [3.8, 4) is 11.3 Å². The average molecular weight is 387 g/mol. The van der Waals surface area contributed by atoms with Gasteiger partial charge in [-0.15, -0.1) is 0 Å². The average Bonchev–Trinajstić information content (AvgIpc) is 3.12. The summed E-state index contributed by atoms with van der Waals surface area (Å²) in [5, 5.41) is 11.9. The largest absolute Gasteiger partial charge is 0.289 e. The molecule has 2 N–H and O–H groups in total. The van der Waals surface area contributed by atoms with Crippen molar-refractivity contribution in [1.82, 2.24) is 15.6 Å². The highest BCUT2D eigenvalue weighted by molar-refractivity contribution is 6.42. The number of hydrogen-bond acceptors (Lipinski definition) is 3. The second-order valence-electron chi connectivity index (χ2n) is 5.80. The van der Waals surface area contributed by atoms with Gasteiger partial charge in [-0.05, 0) is 37.6 Å². The molecule has 0 spiro atoms. The van der Waals surface area contributed by atoms with Gasteiger partial charge in [0.25, 0.3) is 5.91 Å². The van der Waals surface area contributed by atoms with Crippen molar-refractivity contribution >= 4 is 34.8 Å². The lowest BCUT2D eigenvalue weighted by Gasteiger charge is -2.02. The predicted molar refractivity (Wildman–Crippen MR) is 105 cm³/mol. The summed E-state index contributed by atoms with van der Waals surface area (Å²) in [6.07, 6.45) is 0. The molecule has 132 valence electrons. The number of H-pyrrole nitrogens is 1. The number of benzene rings is 2. The molecule has 0 aliphatic heterocycles. The lowest BCUT2D eigenvalue weighted by atomic mass is 10.1. The number of aromatic amines is 1. The van der Waals surface area contributed by atoms with Crippen LogP contribution in [0, 0.1) is 6.92 Å². The number of halogens is 2. The number of amides is 1. The number of hydrogen-bond donors (Lipinski definition) is 2. The van der Waals surface area contributed by atoms with Crippen LogP contribution in [0.5, 0.6) is 0 Å². The van der Waals surface area contributed by atoms with E-state index in [1.54, 1.807) is 24.3 Å². The molecule has 0 saturated carbocycles. The standard InChI is InChI=1S/C19H16Cl2N4O/c1-11-3-5-13(6-4-11)12(2)22-25-19(26)18-10-17(23-24-18)14-7-8-15(20)16(21)9-14/h3-10H,1-2H3,(H,23,24)(H,25,26)/b22-12-. The summed E-state index contributed by atoms with van der Waals surface area (Å²) >= 11 is 11.9. The number of hydrazone groups is 1.